The minimum absolute atomic E-state index is 0.0289. The average Bonchev–Trinajstić information content (AvgIpc) is 3.02. The van der Waals surface area contributed by atoms with Gasteiger partial charge in [0.25, 0.3) is 0 Å². The van der Waals surface area contributed by atoms with Crippen molar-refractivity contribution in [1.29, 1.82) is 0 Å². The Hall–Kier alpha value is -2.05. The maximum absolute atomic E-state index is 11.6. The van der Waals surface area contributed by atoms with Gasteiger partial charge in [0.1, 0.15) is 5.82 Å². The lowest BCUT2D eigenvalue weighted by Crippen LogP contribution is -2.44. The molecule has 0 saturated heterocycles. The van der Waals surface area contributed by atoms with Crippen LogP contribution in [0.3, 0.4) is 0 Å². The van der Waals surface area contributed by atoms with Crippen molar-refractivity contribution < 1.29 is 14.7 Å². The van der Waals surface area contributed by atoms with Gasteiger partial charge in [0.2, 0.25) is 0 Å². The number of nitrogens with one attached hydrogen (secondary N) is 3. The Morgan fingerprint density at radius 2 is 2.33 bits per heavy atom. The second-order valence-electron chi connectivity index (χ2n) is 4.40. The van der Waals surface area contributed by atoms with Gasteiger partial charge in [0.05, 0.1) is 13.0 Å². The highest BCUT2D eigenvalue weighted by atomic mass is 16.4. The predicted molar refractivity (Wildman–Crippen MR) is 62.7 cm³/mol. The third kappa shape index (κ3) is 3.76. The molecule has 0 spiro atoms. The van der Waals surface area contributed by atoms with Gasteiger partial charge in [-0.15, -0.1) is 0 Å². The molecule has 2 rings (SSSR count). The fraction of sp³-hybridized carbons (Fsp3) is 0.545. The zero-order valence-electron chi connectivity index (χ0n) is 9.85. The first-order valence-electron chi connectivity index (χ1n) is 5.89. The maximum atomic E-state index is 11.6. The molecule has 1 aliphatic rings. The Morgan fingerprint density at radius 3 is 2.89 bits per heavy atom. The number of rotatable bonds is 6. The maximum Gasteiger partial charge on any atom is 0.315 e. The van der Waals surface area contributed by atoms with Gasteiger partial charge >= 0.3 is 12.0 Å². The van der Waals surface area contributed by atoms with Crippen LogP contribution in [-0.4, -0.2) is 33.1 Å². The number of aromatic amines is 1. The molecule has 1 aliphatic carbocycles. The minimum Gasteiger partial charge on any atom is -0.481 e. The smallest absolute Gasteiger partial charge is 0.315 e. The molecule has 1 fully saturated rings. The number of carbonyl (C=O) groups is 2. The largest absolute Gasteiger partial charge is 0.481 e. The highest BCUT2D eigenvalue weighted by molar-refractivity contribution is 5.75. The zero-order chi connectivity index (χ0) is 13.0. The number of aromatic nitrogens is 2. The van der Waals surface area contributed by atoms with Gasteiger partial charge in [-0.1, -0.05) is 0 Å². The molecule has 1 aromatic rings. The number of imidazole rings is 1. The van der Waals surface area contributed by atoms with Crippen LogP contribution in [0.4, 0.5) is 4.79 Å². The van der Waals surface area contributed by atoms with E-state index in [0.29, 0.717) is 18.3 Å². The Kier molecular flexibility index (Phi) is 3.81. The molecule has 0 aliphatic heterocycles. The van der Waals surface area contributed by atoms with Crippen LogP contribution in [0.2, 0.25) is 0 Å². The standard InChI is InChI=1S/C11H16N4O3/c16-10(17)5-8(7-1-2-7)15-11(18)14-6-9-12-3-4-13-9/h3-4,7-8H,1-2,5-6H2,(H,12,13)(H,16,17)(H2,14,15,18). The lowest BCUT2D eigenvalue weighted by Gasteiger charge is -2.16. The number of H-pyrrole nitrogens is 1. The van der Waals surface area contributed by atoms with E-state index in [1.54, 1.807) is 12.4 Å². The molecule has 1 heterocycles. The molecule has 98 valence electrons. The molecule has 0 aromatic carbocycles. The van der Waals surface area contributed by atoms with Crippen LogP contribution in [0.15, 0.2) is 12.4 Å². The van der Waals surface area contributed by atoms with E-state index in [1.807, 2.05) is 0 Å². The van der Waals surface area contributed by atoms with Crippen LogP contribution in [0.1, 0.15) is 25.1 Å². The van der Waals surface area contributed by atoms with E-state index >= 15 is 0 Å². The summed E-state index contributed by atoms with van der Waals surface area (Å²) in [7, 11) is 0. The van der Waals surface area contributed by atoms with Crippen LogP contribution in [0.25, 0.3) is 0 Å². The summed E-state index contributed by atoms with van der Waals surface area (Å²) in [5.74, 6) is 0.0695. The number of aliphatic carboxylic acids is 1. The fourth-order valence-corrected chi connectivity index (χ4v) is 1.80. The van der Waals surface area contributed by atoms with Crippen LogP contribution >= 0.6 is 0 Å². The second-order valence-corrected chi connectivity index (χ2v) is 4.40. The quantitative estimate of drug-likeness (QED) is 0.590. The molecule has 4 N–H and O–H groups in total. The van der Waals surface area contributed by atoms with E-state index in [9.17, 15) is 9.59 Å². The van der Waals surface area contributed by atoms with Crippen molar-refractivity contribution in [2.75, 3.05) is 0 Å². The normalized spacial score (nSPS) is 16.0. The number of amides is 2. The van der Waals surface area contributed by atoms with Crippen molar-refractivity contribution in [3.8, 4) is 0 Å². The van der Waals surface area contributed by atoms with E-state index in [2.05, 4.69) is 20.6 Å². The Labute approximate surface area is 104 Å². The highest BCUT2D eigenvalue weighted by Gasteiger charge is 2.33. The van der Waals surface area contributed by atoms with Crippen molar-refractivity contribution in [1.82, 2.24) is 20.6 Å². The van der Waals surface area contributed by atoms with Gasteiger partial charge < -0.3 is 20.7 Å². The molecule has 18 heavy (non-hydrogen) atoms. The van der Waals surface area contributed by atoms with E-state index in [4.69, 9.17) is 5.11 Å². The zero-order valence-corrected chi connectivity index (χ0v) is 9.85. The summed E-state index contributed by atoms with van der Waals surface area (Å²) in [5.41, 5.74) is 0. The minimum atomic E-state index is -0.891. The lowest BCUT2D eigenvalue weighted by molar-refractivity contribution is -0.137. The molecule has 2 amide bonds. The third-order valence-electron chi connectivity index (χ3n) is 2.87. The van der Waals surface area contributed by atoms with Crippen molar-refractivity contribution in [3.63, 3.8) is 0 Å². The summed E-state index contributed by atoms with van der Waals surface area (Å²) in [5, 5.41) is 14.1. The van der Waals surface area contributed by atoms with Crippen molar-refractivity contribution >= 4 is 12.0 Å². The first kappa shape index (κ1) is 12.4. The van der Waals surface area contributed by atoms with E-state index < -0.39 is 5.97 Å². The third-order valence-corrected chi connectivity index (χ3v) is 2.87. The molecular formula is C11H16N4O3. The van der Waals surface area contributed by atoms with Crippen molar-refractivity contribution in [2.45, 2.75) is 31.8 Å². The summed E-state index contributed by atoms with van der Waals surface area (Å²) >= 11 is 0. The Morgan fingerprint density at radius 1 is 1.56 bits per heavy atom. The number of carbonyl (C=O) groups excluding carboxylic acids is 1. The number of carboxylic acids is 1. The van der Waals surface area contributed by atoms with E-state index in [1.165, 1.54) is 0 Å². The number of urea groups is 1. The SMILES string of the molecule is O=C(O)CC(NC(=O)NCc1ncc[nH]1)C1CC1. The molecule has 1 saturated carbocycles. The predicted octanol–water partition coefficient (Wildman–Crippen LogP) is 0.462. The fourth-order valence-electron chi connectivity index (χ4n) is 1.80. The van der Waals surface area contributed by atoms with Gasteiger partial charge in [0.15, 0.2) is 0 Å². The summed E-state index contributed by atoms with van der Waals surface area (Å²) in [4.78, 5) is 29.1. The van der Waals surface area contributed by atoms with E-state index in [-0.39, 0.29) is 18.5 Å². The highest BCUT2D eigenvalue weighted by Crippen LogP contribution is 2.33. The van der Waals surface area contributed by atoms with Crippen LogP contribution in [0.5, 0.6) is 0 Å². The molecule has 0 radical (unpaired) electrons. The summed E-state index contributed by atoms with van der Waals surface area (Å²) < 4.78 is 0. The molecule has 1 atom stereocenters. The van der Waals surface area contributed by atoms with Gasteiger partial charge in [-0.2, -0.15) is 0 Å². The van der Waals surface area contributed by atoms with Gasteiger partial charge in [0, 0.05) is 18.4 Å². The topological polar surface area (TPSA) is 107 Å². The van der Waals surface area contributed by atoms with Crippen LogP contribution < -0.4 is 10.6 Å². The monoisotopic (exact) mass is 252 g/mol. The molecular weight excluding hydrogens is 236 g/mol. The van der Waals surface area contributed by atoms with Crippen LogP contribution in [-0.2, 0) is 11.3 Å². The summed E-state index contributed by atoms with van der Waals surface area (Å²) in [6.07, 6.45) is 5.21. The number of nitrogens with zero attached hydrogens (tertiary/aromatic N) is 1. The number of hydrogen-bond acceptors (Lipinski definition) is 3. The molecule has 0 bridgehead atoms. The molecule has 1 aromatic heterocycles. The first-order chi connectivity index (χ1) is 8.65. The second kappa shape index (κ2) is 5.52. The molecule has 7 nitrogen and oxygen atoms in total. The summed E-state index contributed by atoms with van der Waals surface area (Å²) in [6.45, 7) is 0.295. The van der Waals surface area contributed by atoms with E-state index in [0.717, 1.165) is 12.8 Å². The lowest BCUT2D eigenvalue weighted by atomic mass is 10.1. The van der Waals surface area contributed by atoms with Gasteiger partial charge in [-0.3, -0.25) is 4.79 Å². The van der Waals surface area contributed by atoms with Gasteiger partial charge in [-0.05, 0) is 18.8 Å². The molecule has 7 heteroatoms. The first-order valence-corrected chi connectivity index (χ1v) is 5.89. The Bertz CT molecular complexity index is 414. The number of hydrogen-bond donors (Lipinski definition) is 4. The average molecular weight is 252 g/mol. The van der Waals surface area contributed by atoms with Gasteiger partial charge in [-0.25, -0.2) is 9.78 Å². The van der Waals surface area contributed by atoms with Crippen molar-refractivity contribution in [3.05, 3.63) is 18.2 Å². The molecule has 1 unspecified atom stereocenters. The summed E-state index contributed by atoms with van der Waals surface area (Å²) in [6, 6.07) is -0.636. The Balaban J connectivity index is 1.76. The number of carboxylic acid groups (broad SMARTS) is 1. The van der Waals surface area contributed by atoms with Crippen LogP contribution in [0, 0.1) is 5.92 Å². The van der Waals surface area contributed by atoms with Crippen molar-refractivity contribution in [2.24, 2.45) is 5.92 Å².